The Balaban J connectivity index is 0.00000168. The molecule has 26 heavy (non-hydrogen) atoms. The fraction of sp³-hybridized carbons (Fsp3) is 0.476. The third kappa shape index (κ3) is 2.81. The van der Waals surface area contributed by atoms with E-state index in [0.717, 1.165) is 60.2 Å². The van der Waals surface area contributed by atoms with E-state index in [4.69, 9.17) is 10.2 Å². The van der Waals surface area contributed by atoms with Gasteiger partial charge in [-0.2, -0.15) is 0 Å². The molecule has 4 atom stereocenters. The molecule has 2 heterocycles. The van der Waals surface area contributed by atoms with Crippen LogP contribution in [0.25, 0.3) is 0 Å². The van der Waals surface area contributed by atoms with Crippen LogP contribution in [0.5, 0.6) is 0 Å². The van der Waals surface area contributed by atoms with Crippen molar-refractivity contribution < 1.29 is 9.21 Å². The summed E-state index contributed by atoms with van der Waals surface area (Å²) in [7, 11) is 0. The van der Waals surface area contributed by atoms with E-state index >= 15 is 0 Å². The molecule has 2 N–H and O–H groups in total. The molecule has 2 saturated carbocycles. The Hall–Kier alpha value is -1.94. The Morgan fingerprint density at radius 1 is 1.15 bits per heavy atom. The highest BCUT2D eigenvalue weighted by Gasteiger charge is 2.49. The van der Waals surface area contributed by atoms with Gasteiger partial charge in [0.25, 0.3) is 0 Å². The average Bonchev–Trinajstić information content (AvgIpc) is 3.52. The summed E-state index contributed by atoms with van der Waals surface area (Å²) in [4.78, 5) is 15.0. The molecular weight excluding hydrogens is 348 g/mol. The maximum Gasteiger partial charge on any atom is 0.230 e. The van der Waals surface area contributed by atoms with Crippen LogP contribution in [-0.4, -0.2) is 12.5 Å². The molecule has 138 valence electrons. The summed E-state index contributed by atoms with van der Waals surface area (Å²) in [6.07, 6.45) is 4.07. The number of benzene rings is 1. The van der Waals surface area contributed by atoms with Crippen molar-refractivity contribution in [3.63, 3.8) is 0 Å². The Bertz CT molecular complexity index is 846. The molecule has 0 bridgehead atoms. The molecule has 1 aromatic carbocycles. The second-order valence-corrected chi connectivity index (χ2v) is 7.95. The minimum absolute atomic E-state index is 0. The zero-order valence-corrected chi connectivity index (χ0v) is 15.8. The lowest BCUT2D eigenvalue weighted by Crippen LogP contribution is -2.37. The van der Waals surface area contributed by atoms with Crippen LogP contribution >= 0.6 is 12.4 Å². The summed E-state index contributed by atoms with van der Waals surface area (Å²) in [5.41, 5.74) is 9.05. The SMILES string of the molecule is CC1CC1c1ccc(C2CC2C(=O)N2CCCc3c(N)cccc32)o1.Cl. The molecule has 2 aromatic rings. The molecule has 4 unspecified atom stereocenters. The third-order valence-corrected chi connectivity index (χ3v) is 6.15. The number of nitrogens with zero attached hydrogens (tertiary/aromatic N) is 1. The first-order valence-electron chi connectivity index (χ1n) is 9.42. The quantitative estimate of drug-likeness (QED) is 0.807. The van der Waals surface area contributed by atoms with Crippen LogP contribution in [0.3, 0.4) is 0 Å². The molecule has 5 heteroatoms. The number of anilines is 2. The minimum Gasteiger partial charge on any atom is -0.465 e. The molecule has 3 aliphatic rings. The number of furan rings is 1. The zero-order valence-electron chi connectivity index (χ0n) is 15.0. The standard InChI is InChI=1S/C21H24N2O2.ClH/c1-12-10-14(12)19-7-8-20(25-19)15-11-16(15)21(24)23-9-3-4-13-17(22)5-2-6-18(13)23;/h2,5-8,12,14-16H,3-4,9-11,22H2,1H3;1H. The van der Waals surface area contributed by atoms with Gasteiger partial charge in [-0.05, 0) is 61.4 Å². The van der Waals surface area contributed by atoms with Gasteiger partial charge in [0.15, 0.2) is 0 Å². The predicted molar refractivity (Wildman–Crippen MR) is 105 cm³/mol. The van der Waals surface area contributed by atoms with Gasteiger partial charge < -0.3 is 15.1 Å². The Labute approximate surface area is 160 Å². The molecule has 5 rings (SSSR count). The molecule has 4 nitrogen and oxygen atoms in total. The van der Waals surface area contributed by atoms with E-state index in [0.29, 0.717) is 5.92 Å². The molecule has 1 aliphatic heterocycles. The maximum atomic E-state index is 13.1. The number of carbonyl (C=O) groups is 1. The summed E-state index contributed by atoms with van der Waals surface area (Å²) in [6, 6.07) is 10.1. The van der Waals surface area contributed by atoms with Gasteiger partial charge in [0.2, 0.25) is 5.91 Å². The van der Waals surface area contributed by atoms with Crippen LogP contribution in [0.2, 0.25) is 0 Å². The number of nitrogens with two attached hydrogens (primary N) is 1. The van der Waals surface area contributed by atoms with Crippen molar-refractivity contribution in [2.24, 2.45) is 11.8 Å². The topological polar surface area (TPSA) is 59.5 Å². The molecular formula is C21H25ClN2O2. The summed E-state index contributed by atoms with van der Waals surface area (Å²) in [5, 5.41) is 0. The van der Waals surface area contributed by atoms with Crippen molar-refractivity contribution >= 4 is 29.7 Å². The van der Waals surface area contributed by atoms with Crippen molar-refractivity contribution in [2.45, 2.75) is 44.4 Å². The van der Waals surface area contributed by atoms with Crippen molar-refractivity contribution in [1.29, 1.82) is 0 Å². The minimum atomic E-state index is 0. The molecule has 0 spiro atoms. The van der Waals surface area contributed by atoms with Crippen LogP contribution in [0.4, 0.5) is 11.4 Å². The van der Waals surface area contributed by atoms with Gasteiger partial charge in [0.05, 0.1) is 0 Å². The van der Waals surface area contributed by atoms with E-state index in [1.54, 1.807) is 0 Å². The lowest BCUT2D eigenvalue weighted by atomic mass is 9.99. The first kappa shape index (κ1) is 17.5. The Morgan fingerprint density at radius 3 is 2.62 bits per heavy atom. The number of halogens is 1. The zero-order chi connectivity index (χ0) is 17.1. The van der Waals surface area contributed by atoms with Gasteiger partial charge in [-0.1, -0.05) is 13.0 Å². The van der Waals surface area contributed by atoms with Gasteiger partial charge in [0, 0.05) is 35.7 Å². The van der Waals surface area contributed by atoms with E-state index < -0.39 is 0 Å². The highest BCUT2D eigenvalue weighted by molar-refractivity contribution is 5.99. The van der Waals surface area contributed by atoms with Gasteiger partial charge >= 0.3 is 0 Å². The molecule has 0 saturated heterocycles. The van der Waals surface area contributed by atoms with Gasteiger partial charge in [-0.3, -0.25) is 4.79 Å². The van der Waals surface area contributed by atoms with Crippen LogP contribution in [0.1, 0.15) is 55.1 Å². The number of amides is 1. The monoisotopic (exact) mass is 372 g/mol. The average molecular weight is 373 g/mol. The highest BCUT2D eigenvalue weighted by Crippen LogP contribution is 2.53. The summed E-state index contributed by atoms with van der Waals surface area (Å²) < 4.78 is 6.07. The third-order valence-electron chi connectivity index (χ3n) is 6.15. The van der Waals surface area contributed by atoms with E-state index in [9.17, 15) is 4.79 Å². The fourth-order valence-corrected chi connectivity index (χ4v) is 4.35. The van der Waals surface area contributed by atoms with Gasteiger partial charge in [-0.25, -0.2) is 0 Å². The fourth-order valence-electron chi connectivity index (χ4n) is 4.35. The first-order chi connectivity index (χ1) is 12.1. The summed E-state index contributed by atoms with van der Waals surface area (Å²) in [5.74, 6) is 3.98. The van der Waals surface area contributed by atoms with Crippen molar-refractivity contribution in [1.82, 2.24) is 0 Å². The maximum absolute atomic E-state index is 13.1. The normalized spacial score (nSPS) is 28.9. The highest BCUT2D eigenvalue weighted by atomic mass is 35.5. The smallest absolute Gasteiger partial charge is 0.230 e. The van der Waals surface area contributed by atoms with Crippen LogP contribution in [0, 0.1) is 11.8 Å². The van der Waals surface area contributed by atoms with E-state index in [-0.39, 0.29) is 30.2 Å². The number of hydrogen-bond donors (Lipinski definition) is 1. The Morgan fingerprint density at radius 2 is 1.88 bits per heavy atom. The summed E-state index contributed by atoms with van der Waals surface area (Å²) in [6.45, 7) is 3.05. The number of nitrogen functional groups attached to an aromatic ring is 1. The van der Waals surface area contributed by atoms with Crippen LogP contribution < -0.4 is 10.6 Å². The number of fused-ring (bicyclic) bond motifs is 1. The lowest BCUT2D eigenvalue weighted by molar-refractivity contribution is -0.120. The number of hydrogen-bond acceptors (Lipinski definition) is 3. The molecule has 1 amide bonds. The lowest BCUT2D eigenvalue weighted by Gasteiger charge is -2.30. The first-order valence-corrected chi connectivity index (χ1v) is 9.42. The van der Waals surface area contributed by atoms with Crippen molar-refractivity contribution in [3.05, 3.63) is 47.4 Å². The molecule has 2 fully saturated rings. The number of rotatable bonds is 3. The molecule has 2 aliphatic carbocycles. The second-order valence-electron chi connectivity index (χ2n) is 7.95. The van der Waals surface area contributed by atoms with Crippen molar-refractivity contribution in [3.8, 4) is 0 Å². The second kappa shape index (κ2) is 6.34. The Kier molecular flexibility index (Phi) is 4.26. The van der Waals surface area contributed by atoms with Gasteiger partial charge in [-0.15, -0.1) is 12.4 Å². The number of carbonyl (C=O) groups excluding carboxylic acids is 1. The van der Waals surface area contributed by atoms with E-state index in [1.165, 1.54) is 6.42 Å². The molecule has 1 aromatic heterocycles. The van der Waals surface area contributed by atoms with Crippen molar-refractivity contribution in [2.75, 3.05) is 17.2 Å². The van der Waals surface area contributed by atoms with Crippen LogP contribution in [0.15, 0.2) is 34.7 Å². The predicted octanol–water partition coefficient (Wildman–Crippen LogP) is 4.49. The van der Waals surface area contributed by atoms with E-state index in [1.807, 2.05) is 23.1 Å². The molecule has 0 radical (unpaired) electrons. The largest absolute Gasteiger partial charge is 0.465 e. The van der Waals surface area contributed by atoms with E-state index in [2.05, 4.69) is 19.1 Å². The summed E-state index contributed by atoms with van der Waals surface area (Å²) >= 11 is 0. The van der Waals surface area contributed by atoms with Crippen LogP contribution in [-0.2, 0) is 11.2 Å². The van der Waals surface area contributed by atoms with Gasteiger partial charge in [0.1, 0.15) is 11.5 Å².